The average molecular weight is 371 g/mol. The molecule has 7 nitrogen and oxygen atoms in total. The molecule has 0 spiro atoms. The first-order chi connectivity index (χ1) is 13.1. The Balaban J connectivity index is 1.42. The second kappa shape index (κ2) is 7.84. The summed E-state index contributed by atoms with van der Waals surface area (Å²) in [6.45, 7) is 4.77. The van der Waals surface area contributed by atoms with Crippen LogP contribution in [0, 0.1) is 6.92 Å². The molecule has 2 aromatic rings. The van der Waals surface area contributed by atoms with Gasteiger partial charge in [0.2, 0.25) is 5.95 Å². The molecule has 0 saturated carbocycles. The molecule has 0 atom stereocenters. The lowest BCUT2D eigenvalue weighted by Gasteiger charge is -2.35. The van der Waals surface area contributed by atoms with E-state index in [0.717, 1.165) is 62.7 Å². The third-order valence-electron chi connectivity index (χ3n) is 5.59. The first kappa shape index (κ1) is 18.2. The summed E-state index contributed by atoms with van der Waals surface area (Å²) in [6.07, 6.45) is 6.91. The summed E-state index contributed by atoms with van der Waals surface area (Å²) in [5, 5.41) is 7.57. The normalized spacial score (nSPS) is 17.8. The Morgan fingerprint density at radius 1 is 1.19 bits per heavy atom. The lowest BCUT2D eigenvalue weighted by atomic mass is 9.95. The van der Waals surface area contributed by atoms with Crippen LogP contribution in [0.3, 0.4) is 0 Å². The van der Waals surface area contributed by atoms with E-state index in [0.29, 0.717) is 6.04 Å². The van der Waals surface area contributed by atoms with Crippen LogP contribution in [0.25, 0.3) is 0 Å². The molecule has 1 N–H and O–H groups in total. The molecule has 27 heavy (non-hydrogen) atoms. The monoisotopic (exact) mass is 370 g/mol. The van der Waals surface area contributed by atoms with Crippen LogP contribution in [0.2, 0.25) is 0 Å². The summed E-state index contributed by atoms with van der Waals surface area (Å²) in [6, 6.07) is 2.51. The molecule has 0 radical (unpaired) electrons. The Bertz CT molecular complexity index is 779. The van der Waals surface area contributed by atoms with Crippen molar-refractivity contribution in [1.29, 1.82) is 0 Å². The molecule has 146 valence electrons. The summed E-state index contributed by atoms with van der Waals surface area (Å²) in [5.41, 5.74) is 3.58. The first-order valence-corrected chi connectivity index (χ1v) is 10.1. The number of hydrogen-bond acceptors (Lipinski definition) is 7. The molecule has 0 aromatic carbocycles. The second-order valence-electron chi connectivity index (χ2n) is 7.95. The van der Waals surface area contributed by atoms with E-state index >= 15 is 0 Å². The average Bonchev–Trinajstić information content (AvgIpc) is 3.11. The van der Waals surface area contributed by atoms with Gasteiger partial charge in [0.25, 0.3) is 0 Å². The molecule has 7 heteroatoms. The van der Waals surface area contributed by atoms with Gasteiger partial charge in [-0.2, -0.15) is 4.98 Å². The lowest BCUT2D eigenvalue weighted by Crippen LogP contribution is -2.43. The molecule has 0 amide bonds. The predicted molar refractivity (Wildman–Crippen MR) is 106 cm³/mol. The van der Waals surface area contributed by atoms with Gasteiger partial charge in [-0.1, -0.05) is 5.16 Å². The predicted octanol–water partition coefficient (Wildman–Crippen LogP) is 2.48. The minimum atomic E-state index is 0.512. The van der Waals surface area contributed by atoms with Gasteiger partial charge in [-0.3, -0.25) is 0 Å². The highest BCUT2D eigenvalue weighted by atomic mass is 16.5. The molecule has 4 rings (SSSR count). The van der Waals surface area contributed by atoms with Crippen molar-refractivity contribution in [3.63, 3.8) is 0 Å². The molecule has 1 fully saturated rings. The molecule has 2 aromatic heterocycles. The van der Waals surface area contributed by atoms with Crippen molar-refractivity contribution in [2.24, 2.45) is 0 Å². The maximum absolute atomic E-state index is 5.30. The molecule has 1 aliphatic carbocycles. The fraction of sp³-hybridized carbons (Fsp3) is 0.650. The zero-order chi connectivity index (χ0) is 18.8. The third kappa shape index (κ3) is 4.08. The van der Waals surface area contributed by atoms with Crippen LogP contribution in [0.5, 0.6) is 0 Å². The van der Waals surface area contributed by atoms with Gasteiger partial charge in [-0.25, -0.2) is 4.98 Å². The largest absolute Gasteiger partial charge is 0.360 e. The molecule has 0 bridgehead atoms. The van der Waals surface area contributed by atoms with Crippen molar-refractivity contribution >= 4 is 11.8 Å². The Hall–Kier alpha value is -2.15. The standard InChI is InChI=1S/C20H30N6O/c1-14-12-16(27-24-14)13-21-15-8-10-26(11-9-15)19-17-6-4-5-7-18(17)22-20(23-19)25(2)3/h12,15,21H,4-11,13H2,1-3H3. The molecule has 3 heterocycles. The minimum absolute atomic E-state index is 0.512. The van der Waals surface area contributed by atoms with Crippen LogP contribution in [-0.4, -0.2) is 48.4 Å². The topological polar surface area (TPSA) is 70.3 Å². The van der Waals surface area contributed by atoms with Crippen LogP contribution in [0.4, 0.5) is 11.8 Å². The SMILES string of the molecule is Cc1cc(CNC2CCN(c3nc(N(C)C)nc4c3CCCC4)CC2)on1. The summed E-state index contributed by atoms with van der Waals surface area (Å²) >= 11 is 0. The quantitative estimate of drug-likeness (QED) is 0.867. The number of hydrogen-bond donors (Lipinski definition) is 1. The van der Waals surface area contributed by atoms with Gasteiger partial charge in [0.1, 0.15) is 5.82 Å². The van der Waals surface area contributed by atoms with E-state index in [1.807, 2.05) is 32.0 Å². The van der Waals surface area contributed by atoms with Crippen LogP contribution < -0.4 is 15.1 Å². The van der Waals surface area contributed by atoms with E-state index in [4.69, 9.17) is 14.5 Å². The van der Waals surface area contributed by atoms with E-state index in [2.05, 4.69) is 15.4 Å². The Labute approximate surface area is 161 Å². The Morgan fingerprint density at radius 2 is 1.96 bits per heavy atom. The summed E-state index contributed by atoms with van der Waals surface area (Å²) < 4.78 is 5.30. The Morgan fingerprint density at radius 3 is 2.67 bits per heavy atom. The molecule has 1 saturated heterocycles. The van der Waals surface area contributed by atoms with Crippen molar-refractivity contribution in [1.82, 2.24) is 20.4 Å². The van der Waals surface area contributed by atoms with Crippen molar-refractivity contribution in [2.75, 3.05) is 37.0 Å². The first-order valence-electron chi connectivity index (χ1n) is 10.1. The smallest absolute Gasteiger partial charge is 0.227 e. The molecular weight excluding hydrogens is 340 g/mol. The van der Waals surface area contributed by atoms with Gasteiger partial charge in [0.15, 0.2) is 5.76 Å². The number of nitrogens with one attached hydrogen (secondary N) is 1. The number of aromatic nitrogens is 3. The number of piperidine rings is 1. The van der Waals surface area contributed by atoms with Gasteiger partial charge in [-0.05, 0) is 45.4 Å². The maximum atomic E-state index is 5.30. The molecule has 0 unspecified atom stereocenters. The van der Waals surface area contributed by atoms with Crippen LogP contribution >= 0.6 is 0 Å². The van der Waals surface area contributed by atoms with Crippen LogP contribution in [0.1, 0.15) is 48.4 Å². The van der Waals surface area contributed by atoms with Gasteiger partial charge in [0, 0.05) is 44.9 Å². The van der Waals surface area contributed by atoms with Gasteiger partial charge in [-0.15, -0.1) is 0 Å². The van der Waals surface area contributed by atoms with E-state index in [1.54, 1.807) is 0 Å². The maximum Gasteiger partial charge on any atom is 0.227 e. The number of rotatable bonds is 5. The summed E-state index contributed by atoms with van der Waals surface area (Å²) in [7, 11) is 4.05. The fourth-order valence-electron chi connectivity index (χ4n) is 4.06. The molecular formula is C20H30N6O. The zero-order valence-corrected chi connectivity index (χ0v) is 16.7. The second-order valence-corrected chi connectivity index (χ2v) is 7.95. The van der Waals surface area contributed by atoms with E-state index in [1.165, 1.54) is 29.9 Å². The number of nitrogens with zero attached hydrogens (tertiary/aromatic N) is 5. The summed E-state index contributed by atoms with van der Waals surface area (Å²) in [5.74, 6) is 2.93. The summed E-state index contributed by atoms with van der Waals surface area (Å²) in [4.78, 5) is 14.2. The highest BCUT2D eigenvalue weighted by Crippen LogP contribution is 2.31. The number of fused-ring (bicyclic) bond motifs is 1. The van der Waals surface area contributed by atoms with Gasteiger partial charge in [0.05, 0.1) is 17.9 Å². The van der Waals surface area contributed by atoms with Crippen molar-refractivity contribution in [3.8, 4) is 0 Å². The molecule has 2 aliphatic rings. The highest BCUT2D eigenvalue weighted by Gasteiger charge is 2.26. The van der Waals surface area contributed by atoms with E-state index < -0.39 is 0 Å². The number of aryl methyl sites for hydroxylation is 2. The van der Waals surface area contributed by atoms with Gasteiger partial charge >= 0.3 is 0 Å². The fourth-order valence-corrected chi connectivity index (χ4v) is 4.06. The van der Waals surface area contributed by atoms with Crippen LogP contribution in [0.15, 0.2) is 10.6 Å². The Kier molecular flexibility index (Phi) is 5.29. The molecule has 1 aliphatic heterocycles. The third-order valence-corrected chi connectivity index (χ3v) is 5.59. The minimum Gasteiger partial charge on any atom is -0.360 e. The van der Waals surface area contributed by atoms with Crippen molar-refractivity contribution < 1.29 is 4.52 Å². The van der Waals surface area contributed by atoms with E-state index in [9.17, 15) is 0 Å². The highest BCUT2D eigenvalue weighted by molar-refractivity contribution is 5.54. The van der Waals surface area contributed by atoms with Crippen molar-refractivity contribution in [2.45, 2.75) is 58.0 Å². The lowest BCUT2D eigenvalue weighted by molar-refractivity contribution is 0.344. The van der Waals surface area contributed by atoms with Gasteiger partial charge < -0.3 is 19.6 Å². The van der Waals surface area contributed by atoms with Crippen molar-refractivity contribution in [3.05, 3.63) is 28.8 Å². The van der Waals surface area contributed by atoms with Crippen LogP contribution in [-0.2, 0) is 19.4 Å². The number of anilines is 2. The zero-order valence-electron chi connectivity index (χ0n) is 16.7. The van der Waals surface area contributed by atoms with E-state index in [-0.39, 0.29) is 0 Å².